The summed E-state index contributed by atoms with van der Waals surface area (Å²) in [7, 11) is 0. The van der Waals surface area contributed by atoms with E-state index in [2.05, 4.69) is 43.4 Å². The zero-order valence-electron chi connectivity index (χ0n) is 12.2. The van der Waals surface area contributed by atoms with Gasteiger partial charge in [-0.1, -0.05) is 55.9 Å². The van der Waals surface area contributed by atoms with Crippen LogP contribution >= 0.6 is 0 Å². The second kappa shape index (κ2) is 8.90. The Balaban J connectivity index is 2.17. The van der Waals surface area contributed by atoms with Crippen molar-refractivity contribution in [2.45, 2.75) is 72.3 Å². The topological polar surface area (TPSA) is 30.7 Å². The maximum atomic E-state index is 4.21. The summed E-state index contributed by atoms with van der Waals surface area (Å²) in [5.41, 5.74) is 2.45. The fourth-order valence-electron chi connectivity index (χ4n) is 1.90. The Hall–Kier alpha value is -1.12. The molecule has 0 saturated carbocycles. The van der Waals surface area contributed by atoms with Gasteiger partial charge in [0.2, 0.25) is 0 Å². The first-order valence-corrected chi connectivity index (χ1v) is 7.24. The molecule has 0 fully saturated rings. The molecule has 0 N–H and O–H groups in total. The molecule has 0 spiro atoms. The van der Waals surface area contributed by atoms with E-state index in [-0.39, 0.29) is 0 Å². The number of aryl methyl sites for hydroxylation is 1. The lowest BCUT2D eigenvalue weighted by Gasteiger charge is -1.98. The molecule has 0 radical (unpaired) electrons. The quantitative estimate of drug-likeness (QED) is 0.486. The molecule has 0 bridgehead atoms. The van der Waals surface area contributed by atoms with Crippen LogP contribution in [0, 0.1) is 0 Å². The number of aromatic nitrogens is 3. The van der Waals surface area contributed by atoms with E-state index in [1.807, 2.05) is 4.68 Å². The Morgan fingerprint density at radius 3 is 2.61 bits per heavy atom. The van der Waals surface area contributed by atoms with Gasteiger partial charge in [-0.2, -0.15) is 0 Å². The van der Waals surface area contributed by atoms with Crippen LogP contribution in [0.15, 0.2) is 17.8 Å². The lowest BCUT2D eigenvalue weighted by molar-refractivity contribution is 0.604. The van der Waals surface area contributed by atoms with Crippen LogP contribution in [-0.4, -0.2) is 15.0 Å². The molecule has 1 heterocycles. The predicted octanol–water partition coefficient (Wildman–Crippen LogP) is 4.15. The summed E-state index contributed by atoms with van der Waals surface area (Å²) in [5.74, 6) is 0. The highest BCUT2D eigenvalue weighted by Crippen LogP contribution is 2.08. The molecular formula is C15H27N3. The van der Waals surface area contributed by atoms with Crippen molar-refractivity contribution in [3.05, 3.63) is 23.5 Å². The van der Waals surface area contributed by atoms with Crippen molar-refractivity contribution < 1.29 is 0 Å². The molecular weight excluding hydrogens is 222 g/mol. The number of unbranched alkanes of at least 4 members (excludes halogenated alkanes) is 5. The second-order valence-corrected chi connectivity index (χ2v) is 5.23. The summed E-state index contributed by atoms with van der Waals surface area (Å²) in [4.78, 5) is 0. The monoisotopic (exact) mass is 249 g/mol. The standard InChI is InChI=1S/C15H27N3/c1-4-5-6-7-8-9-10-15-13-18(17-16-15)12-11-14(2)3/h11,13H,4-10,12H2,1-3H3. The normalized spacial score (nSPS) is 10.6. The lowest BCUT2D eigenvalue weighted by atomic mass is 10.1. The van der Waals surface area contributed by atoms with Gasteiger partial charge in [0.15, 0.2) is 0 Å². The van der Waals surface area contributed by atoms with Crippen molar-refractivity contribution in [2.24, 2.45) is 0 Å². The molecule has 0 aliphatic rings. The van der Waals surface area contributed by atoms with Crippen molar-refractivity contribution in [3.63, 3.8) is 0 Å². The van der Waals surface area contributed by atoms with Crippen molar-refractivity contribution >= 4 is 0 Å². The maximum Gasteiger partial charge on any atom is 0.0827 e. The maximum absolute atomic E-state index is 4.21. The van der Waals surface area contributed by atoms with E-state index in [9.17, 15) is 0 Å². The number of hydrogen-bond donors (Lipinski definition) is 0. The Morgan fingerprint density at radius 2 is 1.89 bits per heavy atom. The molecule has 3 nitrogen and oxygen atoms in total. The Labute approximate surface area is 111 Å². The third-order valence-electron chi connectivity index (χ3n) is 3.06. The van der Waals surface area contributed by atoms with Crippen LogP contribution < -0.4 is 0 Å². The SMILES string of the molecule is CCCCCCCCc1cn(CC=C(C)C)nn1. The van der Waals surface area contributed by atoms with Gasteiger partial charge in [-0.3, -0.25) is 0 Å². The molecule has 1 aromatic heterocycles. The molecule has 0 amide bonds. The van der Waals surface area contributed by atoms with Crippen molar-refractivity contribution in [1.29, 1.82) is 0 Å². The molecule has 0 atom stereocenters. The molecule has 1 rings (SSSR count). The predicted molar refractivity (Wildman–Crippen MR) is 76.5 cm³/mol. The van der Waals surface area contributed by atoms with Crippen LogP contribution in [0.3, 0.4) is 0 Å². The molecule has 0 aromatic carbocycles. The minimum atomic E-state index is 0.839. The second-order valence-electron chi connectivity index (χ2n) is 5.23. The largest absolute Gasteiger partial charge is 0.248 e. The highest BCUT2D eigenvalue weighted by Gasteiger charge is 1.99. The van der Waals surface area contributed by atoms with Crippen LogP contribution in [-0.2, 0) is 13.0 Å². The highest BCUT2D eigenvalue weighted by atomic mass is 15.4. The van der Waals surface area contributed by atoms with Crippen LogP contribution in [0.2, 0.25) is 0 Å². The van der Waals surface area contributed by atoms with Gasteiger partial charge >= 0.3 is 0 Å². The van der Waals surface area contributed by atoms with Crippen LogP contribution in [0.5, 0.6) is 0 Å². The number of nitrogens with zero attached hydrogens (tertiary/aromatic N) is 3. The zero-order valence-corrected chi connectivity index (χ0v) is 12.2. The van der Waals surface area contributed by atoms with Gasteiger partial charge < -0.3 is 0 Å². The summed E-state index contributed by atoms with van der Waals surface area (Å²) in [6.07, 6.45) is 13.3. The van der Waals surface area contributed by atoms with E-state index < -0.39 is 0 Å². The fourth-order valence-corrected chi connectivity index (χ4v) is 1.90. The Bertz CT molecular complexity index is 348. The van der Waals surface area contributed by atoms with Gasteiger partial charge in [-0.05, 0) is 26.7 Å². The Morgan fingerprint density at radius 1 is 1.17 bits per heavy atom. The van der Waals surface area contributed by atoms with Crippen LogP contribution in [0.25, 0.3) is 0 Å². The summed E-state index contributed by atoms with van der Waals surface area (Å²) in [6.45, 7) is 7.30. The van der Waals surface area contributed by atoms with Crippen molar-refractivity contribution in [3.8, 4) is 0 Å². The van der Waals surface area contributed by atoms with E-state index in [4.69, 9.17) is 0 Å². The van der Waals surface area contributed by atoms with E-state index in [1.54, 1.807) is 0 Å². The molecule has 18 heavy (non-hydrogen) atoms. The first-order chi connectivity index (χ1) is 8.72. The molecule has 3 heteroatoms. The van der Waals surface area contributed by atoms with Gasteiger partial charge in [0.05, 0.1) is 12.2 Å². The molecule has 0 aliphatic heterocycles. The van der Waals surface area contributed by atoms with Gasteiger partial charge in [0, 0.05) is 6.20 Å². The third kappa shape index (κ3) is 6.58. The van der Waals surface area contributed by atoms with E-state index in [0.29, 0.717) is 0 Å². The fraction of sp³-hybridized carbons (Fsp3) is 0.733. The first kappa shape index (κ1) is 14.9. The lowest BCUT2D eigenvalue weighted by Crippen LogP contribution is -1.95. The molecule has 0 saturated heterocycles. The summed E-state index contributed by atoms with van der Waals surface area (Å²) in [5, 5.41) is 8.35. The van der Waals surface area contributed by atoms with Gasteiger partial charge in [-0.25, -0.2) is 4.68 Å². The van der Waals surface area contributed by atoms with Crippen molar-refractivity contribution in [1.82, 2.24) is 15.0 Å². The summed E-state index contributed by atoms with van der Waals surface area (Å²) < 4.78 is 1.92. The van der Waals surface area contributed by atoms with Gasteiger partial charge in [-0.15, -0.1) is 5.10 Å². The molecule has 1 aromatic rings. The van der Waals surface area contributed by atoms with Crippen LogP contribution in [0.1, 0.15) is 65.0 Å². The van der Waals surface area contributed by atoms with Gasteiger partial charge in [0.25, 0.3) is 0 Å². The van der Waals surface area contributed by atoms with Gasteiger partial charge in [0.1, 0.15) is 0 Å². The summed E-state index contributed by atoms with van der Waals surface area (Å²) in [6, 6.07) is 0. The minimum absolute atomic E-state index is 0.839. The highest BCUT2D eigenvalue weighted by molar-refractivity contribution is 4.96. The van der Waals surface area contributed by atoms with Crippen LogP contribution in [0.4, 0.5) is 0 Å². The number of allylic oxidation sites excluding steroid dienone is 2. The summed E-state index contributed by atoms with van der Waals surface area (Å²) >= 11 is 0. The molecule has 0 unspecified atom stereocenters. The molecule has 102 valence electrons. The number of hydrogen-bond acceptors (Lipinski definition) is 2. The smallest absolute Gasteiger partial charge is 0.0827 e. The molecule has 0 aliphatic carbocycles. The van der Waals surface area contributed by atoms with E-state index >= 15 is 0 Å². The Kier molecular flexibility index (Phi) is 7.38. The first-order valence-electron chi connectivity index (χ1n) is 7.24. The number of rotatable bonds is 9. The minimum Gasteiger partial charge on any atom is -0.248 e. The average Bonchev–Trinajstić information content (AvgIpc) is 2.79. The van der Waals surface area contributed by atoms with E-state index in [1.165, 1.54) is 44.1 Å². The third-order valence-corrected chi connectivity index (χ3v) is 3.06. The average molecular weight is 249 g/mol. The van der Waals surface area contributed by atoms with Crippen molar-refractivity contribution in [2.75, 3.05) is 0 Å². The zero-order chi connectivity index (χ0) is 13.2. The van der Waals surface area contributed by atoms with E-state index in [0.717, 1.165) is 18.7 Å².